The average Bonchev–Trinajstić information content (AvgIpc) is 2.24. The fourth-order valence-electron chi connectivity index (χ4n) is 0.925. The minimum Gasteiger partial charge on any atom is -0.425 e. The molecule has 0 aromatic heterocycles. The number of ether oxygens (including phenoxy) is 2. The Bertz CT molecular complexity index is 276. The van der Waals surface area contributed by atoms with Crippen molar-refractivity contribution in [2.45, 2.75) is 47.0 Å². The van der Waals surface area contributed by atoms with E-state index in [9.17, 15) is 9.59 Å². The van der Waals surface area contributed by atoms with Crippen molar-refractivity contribution in [3.8, 4) is 0 Å². The largest absolute Gasteiger partial charge is 0.425 e. The minimum atomic E-state index is -0.922. The third-order valence-corrected chi connectivity index (χ3v) is 2.01. The number of amides is 1. The lowest BCUT2D eigenvalue weighted by molar-refractivity contribution is -0.178. The quantitative estimate of drug-likeness (QED) is 0.555. The van der Waals surface area contributed by atoms with Crippen molar-refractivity contribution in [3.63, 3.8) is 0 Å². The Labute approximate surface area is 108 Å². The Morgan fingerprint density at radius 3 is 2.06 bits per heavy atom. The normalized spacial score (nSPS) is 14.2. The molecule has 106 valence electrons. The molecule has 0 bridgehead atoms. The summed E-state index contributed by atoms with van der Waals surface area (Å²) in [6.45, 7) is 8.58. The molecule has 0 saturated heterocycles. The highest BCUT2D eigenvalue weighted by Crippen LogP contribution is 2.11. The summed E-state index contributed by atoms with van der Waals surface area (Å²) in [6.07, 6.45) is -2.30. The lowest BCUT2D eigenvalue weighted by Crippen LogP contribution is -2.37. The van der Waals surface area contributed by atoms with Gasteiger partial charge in [-0.2, -0.15) is 0 Å². The van der Waals surface area contributed by atoms with E-state index in [2.05, 4.69) is 5.32 Å². The third kappa shape index (κ3) is 7.11. The van der Waals surface area contributed by atoms with E-state index in [0.29, 0.717) is 0 Å². The number of rotatable bonds is 6. The molecular formula is C12H23NO5. The van der Waals surface area contributed by atoms with Gasteiger partial charge in [0.25, 0.3) is 6.29 Å². The van der Waals surface area contributed by atoms with E-state index in [4.69, 9.17) is 14.6 Å². The van der Waals surface area contributed by atoms with E-state index in [1.807, 2.05) is 0 Å². The Morgan fingerprint density at radius 1 is 1.11 bits per heavy atom. The summed E-state index contributed by atoms with van der Waals surface area (Å²) in [4.78, 5) is 22.8. The zero-order valence-corrected chi connectivity index (χ0v) is 11.6. The van der Waals surface area contributed by atoms with Crippen LogP contribution in [0.25, 0.3) is 0 Å². The Balaban J connectivity index is 4.27. The van der Waals surface area contributed by atoms with Crippen LogP contribution >= 0.6 is 0 Å². The molecule has 0 saturated carbocycles. The van der Waals surface area contributed by atoms with Gasteiger partial charge in [0.05, 0.1) is 12.0 Å². The van der Waals surface area contributed by atoms with Crippen LogP contribution in [0, 0.1) is 11.8 Å². The van der Waals surface area contributed by atoms with Crippen LogP contribution in [-0.4, -0.2) is 36.1 Å². The van der Waals surface area contributed by atoms with Gasteiger partial charge in [0.2, 0.25) is 0 Å². The second kappa shape index (κ2) is 7.92. The van der Waals surface area contributed by atoms with Crippen LogP contribution in [0.1, 0.15) is 34.6 Å². The van der Waals surface area contributed by atoms with E-state index < -0.39 is 24.5 Å². The molecule has 0 heterocycles. The van der Waals surface area contributed by atoms with Crippen LogP contribution in [0.5, 0.6) is 0 Å². The van der Waals surface area contributed by atoms with Crippen LogP contribution in [0.15, 0.2) is 0 Å². The molecule has 2 N–H and O–H groups in total. The van der Waals surface area contributed by atoms with Crippen molar-refractivity contribution in [2.24, 2.45) is 11.8 Å². The molecule has 0 fully saturated rings. The standard InChI is InChI=1S/C12H23NO5/c1-7(2)10(15)17-11(8(3)4)18-12(16)13-6-9(5)14/h7-9,11,14H,6H2,1-5H3,(H,13,16)/t9-,11-/m0/s1. The smallest absolute Gasteiger partial charge is 0.410 e. The zero-order valence-electron chi connectivity index (χ0n) is 11.6. The van der Waals surface area contributed by atoms with Crippen LogP contribution in [0.2, 0.25) is 0 Å². The number of aliphatic hydroxyl groups excluding tert-OH is 1. The van der Waals surface area contributed by atoms with Gasteiger partial charge in [-0.3, -0.25) is 4.79 Å². The van der Waals surface area contributed by atoms with Crippen LogP contribution in [-0.2, 0) is 14.3 Å². The fraction of sp³-hybridized carbons (Fsp3) is 0.833. The highest BCUT2D eigenvalue weighted by Gasteiger charge is 2.24. The van der Waals surface area contributed by atoms with E-state index in [1.165, 1.54) is 0 Å². The van der Waals surface area contributed by atoms with E-state index in [1.54, 1.807) is 34.6 Å². The summed E-state index contributed by atoms with van der Waals surface area (Å²) >= 11 is 0. The number of hydrogen-bond donors (Lipinski definition) is 2. The summed E-state index contributed by atoms with van der Waals surface area (Å²) in [5, 5.41) is 11.4. The number of hydrogen-bond acceptors (Lipinski definition) is 5. The Hall–Kier alpha value is -1.30. The molecule has 0 aliphatic carbocycles. The highest BCUT2D eigenvalue weighted by molar-refractivity contribution is 5.72. The summed E-state index contributed by atoms with van der Waals surface area (Å²) < 4.78 is 10.0. The molecule has 0 rings (SSSR count). The summed E-state index contributed by atoms with van der Waals surface area (Å²) in [5.41, 5.74) is 0. The summed E-state index contributed by atoms with van der Waals surface area (Å²) in [6, 6.07) is 0. The first kappa shape index (κ1) is 16.7. The molecule has 0 aliphatic rings. The minimum absolute atomic E-state index is 0.0851. The van der Waals surface area contributed by atoms with Gasteiger partial charge in [-0.1, -0.05) is 27.7 Å². The van der Waals surface area contributed by atoms with Gasteiger partial charge in [0.15, 0.2) is 0 Å². The third-order valence-electron chi connectivity index (χ3n) is 2.01. The molecule has 18 heavy (non-hydrogen) atoms. The van der Waals surface area contributed by atoms with Gasteiger partial charge in [-0.25, -0.2) is 4.79 Å². The first-order chi connectivity index (χ1) is 8.23. The maximum Gasteiger partial charge on any atom is 0.410 e. The lowest BCUT2D eigenvalue weighted by Gasteiger charge is -2.22. The summed E-state index contributed by atoms with van der Waals surface area (Å²) in [5.74, 6) is -0.850. The molecule has 0 aromatic rings. The zero-order chi connectivity index (χ0) is 14.3. The molecule has 0 unspecified atom stereocenters. The van der Waals surface area contributed by atoms with Gasteiger partial charge in [-0.05, 0) is 6.92 Å². The fourth-order valence-corrected chi connectivity index (χ4v) is 0.925. The molecule has 6 heteroatoms. The molecule has 6 nitrogen and oxygen atoms in total. The van der Waals surface area contributed by atoms with Crippen molar-refractivity contribution < 1.29 is 24.2 Å². The van der Waals surface area contributed by atoms with Crippen molar-refractivity contribution in [3.05, 3.63) is 0 Å². The first-order valence-corrected chi connectivity index (χ1v) is 6.07. The van der Waals surface area contributed by atoms with Crippen LogP contribution in [0.4, 0.5) is 4.79 Å². The molecule has 0 spiro atoms. The molecule has 0 aromatic carbocycles. The lowest BCUT2D eigenvalue weighted by atomic mass is 10.2. The first-order valence-electron chi connectivity index (χ1n) is 6.07. The summed E-state index contributed by atoms with van der Waals surface area (Å²) in [7, 11) is 0. The van der Waals surface area contributed by atoms with Crippen LogP contribution in [0.3, 0.4) is 0 Å². The second-order valence-corrected chi connectivity index (χ2v) is 4.84. The van der Waals surface area contributed by atoms with Crippen molar-refractivity contribution >= 4 is 12.1 Å². The Morgan fingerprint density at radius 2 is 1.67 bits per heavy atom. The molecular weight excluding hydrogens is 238 g/mol. The van der Waals surface area contributed by atoms with Gasteiger partial charge in [-0.15, -0.1) is 0 Å². The number of alkyl carbamates (subject to hydrolysis) is 1. The SMILES string of the molecule is CC(C)C(=O)O[C@@H](OC(=O)NC[C@H](C)O)C(C)C. The predicted octanol–water partition coefficient (Wildman–Crippen LogP) is 1.27. The molecule has 2 atom stereocenters. The molecule has 0 radical (unpaired) electrons. The van der Waals surface area contributed by atoms with E-state index in [-0.39, 0.29) is 18.4 Å². The van der Waals surface area contributed by atoms with E-state index >= 15 is 0 Å². The number of carbonyl (C=O) groups excluding carboxylic acids is 2. The molecule has 0 aliphatic heterocycles. The van der Waals surface area contributed by atoms with Crippen LogP contribution < -0.4 is 5.32 Å². The van der Waals surface area contributed by atoms with E-state index in [0.717, 1.165) is 0 Å². The average molecular weight is 261 g/mol. The van der Waals surface area contributed by atoms with Crippen molar-refractivity contribution in [1.29, 1.82) is 0 Å². The molecule has 1 amide bonds. The van der Waals surface area contributed by atoms with Gasteiger partial charge in [0.1, 0.15) is 0 Å². The topological polar surface area (TPSA) is 84.9 Å². The number of aliphatic hydroxyl groups is 1. The Kier molecular flexibility index (Phi) is 7.35. The highest BCUT2D eigenvalue weighted by atomic mass is 16.7. The monoisotopic (exact) mass is 261 g/mol. The van der Waals surface area contributed by atoms with Crippen molar-refractivity contribution in [1.82, 2.24) is 5.32 Å². The number of esters is 1. The van der Waals surface area contributed by atoms with Gasteiger partial charge < -0.3 is 19.9 Å². The van der Waals surface area contributed by atoms with Crippen molar-refractivity contribution in [2.75, 3.05) is 6.54 Å². The number of nitrogens with one attached hydrogen (secondary N) is 1. The van der Waals surface area contributed by atoms with Gasteiger partial charge in [0, 0.05) is 12.5 Å². The predicted molar refractivity (Wildman–Crippen MR) is 65.7 cm³/mol. The maximum atomic E-state index is 11.4. The second-order valence-electron chi connectivity index (χ2n) is 4.84. The van der Waals surface area contributed by atoms with Gasteiger partial charge >= 0.3 is 12.1 Å². The maximum absolute atomic E-state index is 11.4. The number of carbonyl (C=O) groups is 2.